The monoisotopic (exact) mass is 302 g/mol. The Kier molecular flexibility index (Phi) is 4.69. The lowest BCUT2D eigenvalue weighted by molar-refractivity contribution is 0.0792. The van der Waals surface area contributed by atoms with Crippen molar-refractivity contribution in [3.8, 4) is 0 Å². The Balaban J connectivity index is 3.19. The van der Waals surface area contributed by atoms with Crippen molar-refractivity contribution in [2.75, 3.05) is 6.54 Å². The van der Waals surface area contributed by atoms with Crippen LogP contribution in [0.2, 0.25) is 0 Å². The van der Waals surface area contributed by atoms with E-state index in [2.05, 4.69) is 4.40 Å². The van der Waals surface area contributed by atoms with Crippen molar-refractivity contribution in [2.45, 2.75) is 64.7 Å². The van der Waals surface area contributed by atoms with Crippen molar-refractivity contribution in [3.05, 3.63) is 0 Å². The molecular formula is C14H26N2O3S. The fourth-order valence-electron chi connectivity index (χ4n) is 2.51. The summed E-state index contributed by atoms with van der Waals surface area (Å²) in [4.78, 5) is 12.9. The van der Waals surface area contributed by atoms with E-state index in [0.717, 1.165) is 6.42 Å². The van der Waals surface area contributed by atoms with Crippen LogP contribution in [-0.2, 0) is 11.0 Å². The minimum absolute atomic E-state index is 0.298. The minimum atomic E-state index is -1.37. The zero-order chi connectivity index (χ0) is 15.8. The van der Waals surface area contributed by atoms with Crippen LogP contribution < -0.4 is 0 Å². The van der Waals surface area contributed by atoms with Crippen LogP contribution in [0.4, 0.5) is 4.79 Å². The van der Waals surface area contributed by atoms with Crippen LogP contribution in [-0.4, -0.2) is 43.4 Å². The fourth-order valence-corrected chi connectivity index (χ4v) is 3.09. The number of amides is 1. The number of carbonyl (C=O) groups is 1. The molecule has 1 unspecified atom stereocenters. The molecule has 116 valence electrons. The van der Waals surface area contributed by atoms with Gasteiger partial charge in [0, 0.05) is 12.8 Å². The summed E-state index contributed by atoms with van der Waals surface area (Å²) in [6.45, 7) is 12.1. The molecule has 1 rings (SSSR count). The Morgan fingerprint density at radius 3 is 2.25 bits per heavy atom. The summed E-state index contributed by atoms with van der Waals surface area (Å²) >= 11 is 0. The topological polar surface area (TPSA) is 70.0 Å². The molecule has 6 heteroatoms. The van der Waals surface area contributed by atoms with E-state index < -0.39 is 27.4 Å². The van der Waals surface area contributed by atoms with Crippen molar-refractivity contribution in [1.29, 1.82) is 0 Å². The smallest absolute Gasteiger partial charge is 0.408 e. The van der Waals surface area contributed by atoms with Gasteiger partial charge in [0.15, 0.2) is 0 Å². The zero-order valence-corrected chi connectivity index (χ0v) is 14.1. The molecule has 0 aromatic rings. The highest BCUT2D eigenvalue weighted by Gasteiger charge is 2.51. The number of likely N-dealkylation sites (tertiary alicyclic amines) is 1. The SMILES string of the molecule is CC(C)(C)S(=O)N=C[C@@]1(C(C)(C)C)CCCN1C(=O)O. The first-order chi connectivity index (χ1) is 8.92. The number of nitrogens with zero attached hydrogens (tertiary/aromatic N) is 2. The van der Waals surface area contributed by atoms with E-state index in [-0.39, 0.29) is 5.41 Å². The van der Waals surface area contributed by atoms with E-state index in [1.165, 1.54) is 4.90 Å². The van der Waals surface area contributed by atoms with Gasteiger partial charge in [0.05, 0.1) is 10.3 Å². The molecular weight excluding hydrogens is 276 g/mol. The number of hydrogen-bond acceptors (Lipinski definition) is 2. The van der Waals surface area contributed by atoms with Crippen LogP contribution in [0.25, 0.3) is 0 Å². The lowest BCUT2D eigenvalue weighted by Gasteiger charge is -2.44. The van der Waals surface area contributed by atoms with Crippen molar-refractivity contribution in [2.24, 2.45) is 9.81 Å². The van der Waals surface area contributed by atoms with Gasteiger partial charge in [0.1, 0.15) is 11.0 Å². The van der Waals surface area contributed by atoms with Gasteiger partial charge in [-0.05, 0) is 39.0 Å². The lowest BCUT2D eigenvalue weighted by Crippen LogP contribution is -2.56. The van der Waals surface area contributed by atoms with E-state index >= 15 is 0 Å². The normalized spacial score (nSPS) is 26.2. The Morgan fingerprint density at radius 1 is 1.30 bits per heavy atom. The molecule has 0 aliphatic carbocycles. The Labute approximate surface area is 124 Å². The molecule has 0 bridgehead atoms. The molecule has 1 saturated heterocycles. The lowest BCUT2D eigenvalue weighted by atomic mass is 9.72. The van der Waals surface area contributed by atoms with E-state index in [9.17, 15) is 14.1 Å². The molecule has 1 heterocycles. The summed E-state index contributed by atoms with van der Waals surface area (Å²) in [7, 11) is -1.37. The number of carboxylic acid groups (broad SMARTS) is 1. The molecule has 2 atom stereocenters. The summed E-state index contributed by atoms with van der Waals surface area (Å²) in [6.07, 6.45) is 2.20. The summed E-state index contributed by atoms with van der Waals surface area (Å²) in [5.74, 6) is 0. The van der Waals surface area contributed by atoms with E-state index in [1.807, 2.05) is 41.5 Å². The molecule has 0 aromatic heterocycles. The third-order valence-corrected chi connectivity index (χ3v) is 5.18. The highest BCUT2D eigenvalue weighted by Crippen LogP contribution is 2.42. The minimum Gasteiger partial charge on any atom is -0.465 e. The predicted octanol–water partition coefficient (Wildman–Crippen LogP) is 3.08. The largest absolute Gasteiger partial charge is 0.465 e. The molecule has 1 aliphatic heterocycles. The van der Waals surface area contributed by atoms with Gasteiger partial charge in [0.25, 0.3) is 0 Å². The van der Waals surface area contributed by atoms with Crippen LogP contribution in [0.1, 0.15) is 54.4 Å². The molecule has 0 aromatic carbocycles. The number of hydrogen-bond donors (Lipinski definition) is 1. The van der Waals surface area contributed by atoms with E-state index in [1.54, 1.807) is 6.21 Å². The van der Waals surface area contributed by atoms with Crippen LogP contribution >= 0.6 is 0 Å². The average Bonchev–Trinajstić information content (AvgIpc) is 2.68. The van der Waals surface area contributed by atoms with Crippen LogP contribution in [0, 0.1) is 5.41 Å². The van der Waals surface area contributed by atoms with Crippen LogP contribution in [0.15, 0.2) is 4.40 Å². The summed E-state index contributed by atoms with van der Waals surface area (Å²) in [5.41, 5.74) is -0.979. The van der Waals surface area contributed by atoms with E-state index in [0.29, 0.717) is 13.0 Å². The second-order valence-corrected chi connectivity index (χ2v) is 9.24. The molecule has 0 saturated carbocycles. The van der Waals surface area contributed by atoms with Crippen molar-refractivity contribution < 1.29 is 14.1 Å². The van der Waals surface area contributed by atoms with Gasteiger partial charge >= 0.3 is 6.09 Å². The van der Waals surface area contributed by atoms with Gasteiger partial charge in [-0.3, -0.25) is 4.90 Å². The second-order valence-electron chi connectivity index (χ2n) is 7.31. The maximum absolute atomic E-state index is 12.1. The van der Waals surface area contributed by atoms with Crippen molar-refractivity contribution in [1.82, 2.24) is 4.90 Å². The van der Waals surface area contributed by atoms with Crippen LogP contribution in [0.5, 0.6) is 0 Å². The third-order valence-electron chi connectivity index (χ3n) is 3.84. The summed E-state index contributed by atoms with van der Waals surface area (Å²) in [6, 6.07) is 0. The zero-order valence-electron chi connectivity index (χ0n) is 13.3. The molecule has 1 N–H and O–H groups in total. The first kappa shape index (κ1) is 17.1. The molecule has 1 aliphatic rings. The Bertz CT molecular complexity index is 435. The van der Waals surface area contributed by atoms with Gasteiger partial charge in [0.2, 0.25) is 0 Å². The molecule has 20 heavy (non-hydrogen) atoms. The van der Waals surface area contributed by atoms with Gasteiger partial charge < -0.3 is 5.11 Å². The van der Waals surface area contributed by atoms with E-state index in [4.69, 9.17) is 0 Å². The quantitative estimate of drug-likeness (QED) is 0.797. The van der Waals surface area contributed by atoms with Crippen molar-refractivity contribution in [3.63, 3.8) is 0 Å². The molecule has 1 fully saturated rings. The second kappa shape index (κ2) is 5.47. The molecule has 5 nitrogen and oxygen atoms in total. The average molecular weight is 302 g/mol. The van der Waals surface area contributed by atoms with Gasteiger partial charge in [-0.1, -0.05) is 20.8 Å². The van der Waals surface area contributed by atoms with Crippen molar-refractivity contribution >= 4 is 23.3 Å². The number of rotatable bonds is 2. The molecule has 0 radical (unpaired) electrons. The molecule has 1 amide bonds. The Morgan fingerprint density at radius 2 is 1.85 bits per heavy atom. The highest BCUT2D eigenvalue weighted by atomic mass is 32.2. The predicted molar refractivity (Wildman–Crippen MR) is 82.5 cm³/mol. The maximum atomic E-state index is 12.1. The summed E-state index contributed by atoms with van der Waals surface area (Å²) in [5, 5.41) is 9.43. The third kappa shape index (κ3) is 3.22. The van der Waals surface area contributed by atoms with Gasteiger partial charge in [-0.25, -0.2) is 9.00 Å². The Hall–Kier alpha value is -0.910. The van der Waals surface area contributed by atoms with Gasteiger partial charge in [-0.2, -0.15) is 4.40 Å². The fraction of sp³-hybridized carbons (Fsp3) is 0.857. The maximum Gasteiger partial charge on any atom is 0.408 e. The first-order valence-electron chi connectivity index (χ1n) is 6.89. The summed E-state index contributed by atoms with van der Waals surface area (Å²) < 4.78 is 15.9. The molecule has 0 spiro atoms. The first-order valence-corrected chi connectivity index (χ1v) is 8.00. The van der Waals surface area contributed by atoms with Crippen LogP contribution in [0.3, 0.4) is 0 Å². The highest BCUT2D eigenvalue weighted by molar-refractivity contribution is 7.85. The standard InChI is InChI=1S/C14H26N2O3S/c1-12(2,3)14(8-7-9-16(14)11(17)18)10-15-20(19)13(4,5)6/h10H,7-9H2,1-6H3,(H,17,18)/t14-,20?/m1/s1. The van der Waals surface area contributed by atoms with Gasteiger partial charge in [-0.15, -0.1) is 0 Å².